The SMILES string of the molecule is COc1ccc2[nH]c3c(c2c1)CCN(C(=O)COCc1ccccc1)[C@@H]3c1cc(Br)cs1. The van der Waals surface area contributed by atoms with Gasteiger partial charge in [0.1, 0.15) is 18.4 Å². The number of nitrogens with zero attached hydrogens (tertiary/aromatic N) is 1. The van der Waals surface area contributed by atoms with Crippen molar-refractivity contribution in [2.24, 2.45) is 0 Å². The molecule has 0 spiro atoms. The minimum Gasteiger partial charge on any atom is -0.497 e. The highest BCUT2D eigenvalue weighted by Crippen LogP contribution is 2.41. The second kappa shape index (κ2) is 9.10. The Balaban J connectivity index is 1.45. The highest BCUT2D eigenvalue weighted by Gasteiger charge is 2.35. The maximum atomic E-state index is 13.3. The molecular weight excluding hydrogens is 488 g/mol. The van der Waals surface area contributed by atoms with Gasteiger partial charge in [0.2, 0.25) is 5.91 Å². The number of benzene rings is 2. The van der Waals surface area contributed by atoms with Gasteiger partial charge in [-0.2, -0.15) is 0 Å². The lowest BCUT2D eigenvalue weighted by molar-refractivity contribution is -0.138. The van der Waals surface area contributed by atoms with E-state index in [0.717, 1.165) is 43.7 Å². The van der Waals surface area contributed by atoms with Crippen molar-refractivity contribution >= 4 is 44.1 Å². The fraction of sp³-hybridized carbons (Fsp3) is 0.240. The number of ether oxygens (including phenoxy) is 2. The Kier molecular flexibility index (Phi) is 6.04. The number of nitrogens with one attached hydrogen (secondary N) is 1. The largest absolute Gasteiger partial charge is 0.497 e. The van der Waals surface area contributed by atoms with Gasteiger partial charge in [0.05, 0.1) is 13.7 Å². The summed E-state index contributed by atoms with van der Waals surface area (Å²) in [6.07, 6.45) is 0.788. The molecule has 1 amide bonds. The summed E-state index contributed by atoms with van der Waals surface area (Å²) >= 11 is 5.23. The van der Waals surface area contributed by atoms with Crippen LogP contribution < -0.4 is 4.74 Å². The van der Waals surface area contributed by atoms with Crippen LogP contribution >= 0.6 is 27.3 Å². The third-order valence-electron chi connectivity index (χ3n) is 5.85. The Bertz CT molecular complexity index is 1250. The molecule has 4 aromatic rings. The molecular formula is C25H23BrN2O3S. The standard InChI is InChI=1S/C25H23BrN2O3S/c1-30-18-7-8-21-20(12-18)19-9-10-28(23(29)14-31-13-16-5-3-2-4-6-16)25(24(19)27-21)22-11-17(26)15-32-22/h2-8,11-12,15,25,27H,9-10,13-14H2,1H3/t25-/m1/s1. The van der Waals surface area contributed by atoms with E-state index >= 15 is 0 Å². The van der Waals surface area contributed by atoms with Crippen molar-refractivity contribution in [2.45, 2.75) is 19.1 Å². The molecule has 0 saturated carbocycles. The van der Waals surface area contributed by atoms with Crippen LogP contribution in [0.5, 0.6) is 5.75 Å². The smallest absolute Gasteiger partial charge is 0.249 e. The first-order valence-electron chi connectivity index (χ1n) is 10.5. The number of rotatable bonds is 6. The van der Waals surface area contributed by atoms with Gasteiger partial charge in [0.15, 0.2) is 0 Å². The predicted octanol–water partition coefficient (Wildman–Crippen LogP) is 5.69. The molecule has 0 bridgehead atoms. The Morgan fingerprint density at radius 1 is 1.22 bits per heavy atom. The third kappa shape index (κ3) is 4.08. The van der Waals surface area contributed by atoms with Gasteiger partial charge in [-0.3, -0.25) is 4.79 Å². The topological polar surface area (TPSA) is 54.6 Å². The molecule has 1 N–H and O–H groups in total. The second-order valence-corrected chi connectivity index (χ2v) is 9.67. The summed E-state index contributed by atoms with van der Waals surface area (Å²) in [5.41, 5.74) is 4.45. The molecule has 1 aliphatic heterocycles. The molecule has 0 unspecified atom stereocenters. The van der Waals surface area contributed by atoms with E-state index in [2.05, 4.69) is 38.4 Å². The summed E-state index contributed by atoms with van der Waals surface area (Å²) in [4.78, 5) is 19.9. The van der Waals surface area contributed by atoms with Crippen LogP contribution in [0.15, 0.2) is 64.5 Å². The van der Waals surface area contributed by atoms with Gasteiger partial charge in [-0.05, 0) is 57.7 Å². The molecule has 2 aromatic carbocycles. The average molecular weight is 511 g/mol. The Hall–Kier alpha value is -2.61. The molecule has 0 radical (unpaired) electrons. The molecule has 32 heavy (non-hydrogen) atoms. The number of carbonyl (C=O) groups excluding carboxylic acids is 1. The van der Waals surface area contributed by atoms with Crippen LogP contribution in [0, 0.1) is 0 Å². The van der Waals surface area contributed by atoms with Gasteiger partial charge in [-0.1, -0.05) is 30.3 Å². The number of H-pyrrole nitrogens is 1. The first-order chi connectivity index (χ1) is 15.6. The molecule has 0 fully saturated rings. The van der Waals surface area contributed by atoms with Crippen molar-refractivity contribution in [1.29, 1.82) is 0 Å². The molecule has 2 aromatic heterocycles. The number of thiophene rings is 1. The van der Waals surface area contributed by atoms with Gasteiger partial charge < -0.3 is 19.4 Å². The molecule has 7 heteroatoms. The Labute approximate surface area is 199 Å². The zero-order chi connectivity index (χ0) is 22.1. The molecule has 0 saturated heterocycles. The van der Waals surface area contributed by atoms with Crippen LogP contribution in [0.1, 0.15) is 27.7 Å². The molecule has 1 atom stereocenters. The van der Waals surface area contributed by atoms with E-state index in [-0.39, 0.29) is 18.6 Å². The van der Waals surface area contributed by atoms with Crippen LogP contribution in [-0.4, -0.2) is 36.1 Å². The van der Waals surface area contributed by atoms with Crippen molar-refractivity contribution in [3.63, 3.8) is 0 Å². The lowest BCUT2D eigenvalue weighted by Gasteiger charge is -2.35. The van der Waals surface area contributed by atoms with Crippen LogP contribution in [0.25, 0.3) is 10.9 Å². The maximum absolute atomic E-state index is 13.3. The average Bonchev–Trinajstić information content (AvgIpc) is 3.41. The molecule has 5 nitrogen and oxygen atoms in total. The molecule has 3 heterocycles. The van der Waals surface area contributed by atoms with E-state index in [1.807, 2.05) is 47.4 Å². The van der Waals surface area contributed by atoms with Gasteiger partial charge in [0, 0.05) is 37.9 Å². The van der Waals surface area contributed by atoms with Gasteiger partial charge >= 0.3 is 0 Å². The number of amides is 1. The second-order valence-electron chi connectivity index (χ2n) is 7.81. The molecule has 1 aliphatic rings. The van der Waals surface area contributed by atoms with E-state index in [1.165, 1.54) is 5.56 Å². The lowest BCUT2D eigenvalue weighted by Crippen LogP contribution is -2.42. The minimum atomic E-state index is -0.165. The summed E-state index contributed by atoms with van der Waals surface area (Å²) in [6.45, 7) is 1.12. The lowest BCUT2D eigenvalue weighted by atomic mass is 9.96. The number of aromatic nitrogens is 1. The fourth-order valence-corrected chi connectivity index (χ4v) is 5.91. The van der Waals surface area contributed by atoms with Gasteiger partial charge in [-0.25, -0.2) is 0 Å². The van der Waals surface area contributed by atoms with E-state index < -0.39 is 0 Å². The quantitative estimate of drug-likeness (QED) is 0.362. The van der Waals surface area contributed by atoms with E-state index in [0.29, 0.717) is 13.2 Å². The van der Waals surface area contributed by atoms with Crippen molar-refractivity contribution in [3.05, 3.63) is 86.1 Å². The monoisotopic (exact) mass is 510 g/mol. The van der Waals surface area contributed by atoms with Crippen molar-refractivity contribution in [3.8, 4) is 5.75 Å². The van der Waals surface area contributed by atoms with Gasteiger partial charge in [-0.15, -0.1) is 11.3 Å². The van der Waals surface area contributed by atoms with Crippen LogP contribution in [0.4, 0.5) is 0 Å². The number of fused-ring (bicyclic) bond motifs is 3. The van der Waals surface area contributed by atoms with Crippen molar-refractivity contribution in [2.75, 3.05) is 20.3 Å². The summed E-state index contributed by atoms with van der Waals surface area (Å²) in [5, 5.41) is 3.22. The number of hydrogen-bond acceptors (Lipinski definition) is 4. The highest BCUT2D eigenvalue weighted by molar-refractivity contribution is 9.10. The first-order valence-corrected chi connectivity index (χ1v) is 12.1. The number of halogens is 1. The third-order valence-corrected chi connectivity index (χ3v) is 7.59. The molecule has 164 valence electrons. The summed E-state index contributed by atoms with van der Waals surface area (Å²) in [7, 11) is 1.68. The fourth-order valence-electron chi connectivity index (χ4n) is 4.34. The van der Waals surface area contributed by atoms with Crippen LogP contribution in [-0.2, 0) is 22.6 Å². The number of aromatic amines is 1. The van der Waals surface area contributed by atoms with E-state index in [9.17, 15) is 4.79 Å². The number of hydrogen-bond donors (Lipinski definition) is 1. The minimum absolute atomic E-state index is 0.00246. The number of methoxy groups -OCH3 is 1. The van der Waals surface area contributed by atoms with E-state index in [4.69, 9.17) is 9.47 Å². The first kappa shape index (κ1) is 21.2. The van der Waals surface area contributed by atoms with Crippen LogP contribution in [0.3, 0.4) is 0 Å². The Morgan fingerprint density at radius 2 is 2.06 bits per heavy atom. The zero-order valence-corrected chi connectivity index (χ0v) is 20.0. The molecule has 0 aliphatic carbocycles. The Morgan fingerprint density at radius 3 is 2.81 bits per heavy atom. The summed E-state index contributed by atoms with van der Waals surface area (Å²) in [6, 6.07) is 17.9. The highest BCUT2D eigenvalue weighted by atomic mass is 79.9. The van der Waals surface area contributed by atoms with Crippen molar-refractivity contribution < 1.29 is 14.3 Å². The summed E-state index contributed by atoms with van der Waals surface area (Å²) in [5.74, 6) is 0.833. The van der Waals surface area contributed by atoms with E-state index in [1.54, 1.807) is 18.4 Å². The predicted molar refractivity (Wildman–Crippen MR) is 130 cm³/mol. The van der Waals surface area contributed by atoms with Crippen LogP contribution in [0.2, 0.25) is 0 Å². The molecule has 5 rings (SSSR count). The normalized spacial score (nSPS) is 15.7. The zero-order valence-electron chi connectivity index (χ0n) is 17.6. The maximum Gasteiger partial charge on any atom is 0.249 e. The van der Waals surface area contributed by atoms with Gasteiger partial charge in [0.25, 0.3) is 0 Å². The van der Waals surface area contributed by atoms with Crippen molar-refractivity contribution in [1.82, 2.24) is 9.88 Å². The number of carbonyl (C=O) groups is 1. The summed E-state index contributed by atoms with van der Waals surface area (Å²) < 4.78 is 12.2.